The molecule has 11 nitrogen and oxygen atoms in total. The van der Waals surface area contributed by atoms with Gasteiger partial charge < -0.3 is 34.9 Å². The highest BCUT2D eigenvalue weighted by Gasteiger charge is 2.54. The molecule has 0 unspecified atom stereocenters. The fourth-order valence-corrected chi connectivity index (χ4v) is 8.08. The number of nitrogens with zero attached hydrogens (tertiary/aromatic N) is 2. The van der Waals surface area contributed by atoms with Gasteiger partial charge in [-0.1, -0.05) is 18.9 Å². The van der Waals surface area contributed by atoms with Gasteiger partial charge in [0.05, 0.1) is 6.42 Å². The van der Waals surface area contributed by atoms with Gasteiger partial charge in [-0.25, -0.2) is 14.6 Å². The van der Waals surface area contributed by atoms with E-state index < -0.39 is 28.2 Å². The summed E-state index contributed by atoms with van der Waals surface area (Å²) in [5.74, 6) is 0.835. The highest BCUT2D eigenvalue weighted by molar-refractivity contribution is 5.88. The van der Waals surface area contributed by atoms with E-state index in [1.165, 1.54) is 0 Å². The van der Waals surface area contributed by atoms with E-state index in [4.69, 9.17) is 19.6 Å². The lowest BCUT2D eigenvalue weighted by atomic mass is 9.76. The van der Waals surface area contributed by atoms with Crippen LogP contribution in [0.3, 0.4) is 0 Å². The van der Waals surface area contributed by atoms with Crippen molar-refractivity contribution < 1.29 is 28.6 Å². The Morgan fingerprint density at radius 3 is 2.60 bits per heavy atom. The number of amides is 1. The first-order valence-electron chi connectivity index (χ1n) is 17.8. The smallest absolute Gasteiger partial charge is 0.340 e. The van der Waals surface area contributed by atoms with Gasteiger partial charge in [0.15, 0.2) is 5.60 Å². The maximum atomic E-state index is 13.4. The van der Waals surface area contributed by atoms with E-state index in [0.29, 0.717) is 60.1 Å². The number of allylic oxidation sites excluding steroid dienone is 1. The summed E-state index contributed by atoms with van der Waals surface area (Å²) in [5, 5.41) is 13.8. The average molecular weight is 687 g/mol. The van der Waals surface area contributed by atoms with E-state index in [1.807, 2.05) is 37.9 Å². The number of nitrogen functional groups attached to an aromatic ring is 1. The highest BCUT2D eigenvalue weighted by atomic mass is 16.6. The molecule has 6 rings (SSSR count). The molecule has 2 aliphatic heterocycles. The third-order valence-corrected chi connectivity index (χ3v) is 11.3. The number of esters is 1. The molecule has 4 heterocycles. The molecule has 3 aromatic rings. The summed E-state index contributed by atoms with van der Waals surface area (Å²) in [6.45, 7) is 9.46. The highest BCUT2D eigenvalue weighted by Crippen LogP contribution is 2.48. The Hall–Kier alpha value is -4.22. The van der Waals surface area contributed by atoms with Crippen LogP contribution >= 0.6 is 0 Å². The number of pyridine rings is 1. The topological polar surface area (TPSA) is 157 Å². The molecule has 1 saturated heterocycles. The molecule has 1 aliphatic carbocycles. The predicted molar refractivity (Wildman–Crippen MR) is 191 cm³/mol. The Morgan fingerprint density at radius 2 is 1.92 bits per heavy atom. The molecular weight excluding hydrogens is 636 g/mol. The van der Waals surface area contributed by atoms with Crippen molar-refractivity contribution in [1.82, 2.24) is 15.2 Å². The van der Waals surface area contributed by atoms with Crippen molar-refractivity contribution in [3.63, 3.8) is 0 Å². The molecule has 1 aromatic carbocycles. The summed E-state index contributed by atoms with van der Waals surface area (Å²) in [5.41, 5.74) is 7.02. The van der Waals surface area contributed by atoms with Gasteiger partial charge in [-0.15, -0.1) is 0 Å². The lowest BCUT2D eigenvalue weighted by Crippen LogP contribution is -2.58. The number of ether oxygens (including phenoxy) is 2. The van der Waals surface area contributed by atoms with Crippen LogP contribution in [-0.2, 0) is 39.0 Å². The minimum absolute atomic E-state index is 0.000510. The van der Waals surface area contributed by atoms with Crippen molar-refractivity contribution in [3.8, 4) is 5.75 Å². The second-order valence-electron chi connectivity index (χ2n) is 15.0. The van der Waals surface area contributed by atoms with Gasteiger partial charge in [-0.2, -0.15) is 0 Å². The molecule has 11 heteroatoms. The van der Waals surface area contributed by atoms with Crippen LogP contribution in [0.5, 0.6) is 5.75 Å². The first kappa shape index (κ1) is 35.6. The Labute approximate surface area is 293 Å². The zero-order valence-electron chi connectivity index (χ0n) is 29.9. The second kappa shape index (κ2) is 13.8. The Morgan fingerprint density at radius 1 is 1.18 bits per heavy atom. The standard InChI is InChI=1S/C39H50N4O7/c1-6-24(2)35(46)50-37(3,4)39(18-27-15-33(40)42-21-29(27)16-34(45)43-22-25(23-43)20-41-5)19-28-13-26-14-30(38(11-12-44)9-7-8-10-38)36(47)48-31(26)17-32(28)49-39/h6,13-15,17,21,25,41,44H,7-12,16,18-20,22-23H2,1-5H3,(H2,40,42)/b24-6+/t39-/m0/s1. The maximum absolute atomic E-state index is 13.4. The van der Waals surface area contributed by atoms with Crippen LogP contribution in [0.1, 0.15) is 82.1 Å². The largest absolute Gasteiger partial charge is 0.482 e. The number of carbonyl (C=O) groups excluding carboxylic acids is 2. The molecule has 2 aromatic heterocycles. The van der Waals surface area contributed by atoms with Crippen LogP contribution in [0.2, 0.25) is 0 Å². The lowest BCUT2D eigenvalue weighted by Gasteiger charge is -2.43. The van der Waals surface area contributed by atoms with Crippen LogP contribution in [0.4, 0.5) is 5.82 Å². The molecule has 0 radical (unpaired) electrons. The number of nitrogens with two attached hydrogens (primary N) is 1. The van der Waals surface area contributed by atoms with E-state index in [-0.39, 0.29) is 25.4 Å². The van der Waals surface area contributed by atoms with Crippen molar-refractivity contribution in [1.29, 1.82) is 0 Å². The molecule has 1 saturated carbocycles. The van der Waals surface area contributed by atoms with Crippen LogP contribution in [0.25, 0.3) is 11.0 Å². The van der Waals surface area contributed by atoms with Crippen LogP contribution in [0.15, 0.2) is 51.3 Å². The number of hydrogen-bond donors (Lipinski definition) is 3. The number of carbonyl (C=O) groups is 2. The summed E-state index contributed by atoms with van der Waals surface area (Å²) in [7, 11) is 1.91. The van der Waals surface area contributed by atoms with Crippen LogP contribution in [0, 0.1) is 5.92 Å². The van der Waals surface area contributed by atoms with E-state index in [0.717, 1.165) is 54.3 Å². The molecule has 1 amide bonds. The molecule has 3 aliphatic rings. The molecule has 2 fully saturated rings. The normalized spacial score (nSPS) is 20.4. The van der Waals surface area contributed by atoms with Crippen LogP contribution in [-0.4, -0.2) is 71.4 Å². The summed E-state index contributed by atoms with van der Waals surface area (Å²) in [6.07, 6.45) is 8.34. The Kier molecular flexibility index (Phi) is 9.85. The van der Waals surface area contributed by atoms with E-state index in [2.05, 4.69) is 10.3 Å². The van der Waals surface area contributed by atoms with Gasteiger partial charge in [0.1, 0.15) is 22.8 Å². The predicted octanol–water partition coefficient (Wildman–Crippen LogP) is 4.39. The fraction of sp³-hybridized carbons (Fsp3) is 0.538. The minimum Gasteiger partial charge on any atom is -0.482 e. The molecular formula is C39H50N4O7. The summed E-state index contributed by atoms with van der Waals surface area (Å²) in [4.78, 5) is 46.2. The Balaban J connectivity index is 1.38. The van der Waals surface area contributed by atoms with E-state index in [9.17, 15) is 19.5 Å². The average Bonchev–Trinajstić information content (AvgIpc) is 3.67. The van der Waals surface area contributed by atoms with Crippen molar-refractivity contribution in [2.24, 2.45) is 5.92 Å². The Bertz CT molecular complexity index is 1870. The number of nitrogens with one attached hydrogen (secondary N) is 1. The summed E-state index contributed by atoms with van der Waals surface area (Å²) < 4.78 is 19.0. The first-order chi connectivity index (χ1) is 23.8. The molecule has 0 bridgehead atoms. The number of rotatable bonds is 12. The van der Waals surface area contributed by atoms with Gasteiger partial charge in [0.25, 0.3) is 0 Å². The molecule has 268 valence electrons. The molecule has 1 atom stereocenters. The fourth-order valence-electron chi connectivity index (χ4n) is 8.08. The second-order valence-corrected chi connectivity index (χ2v) is 15.0. The van der Waals surface area contributed by atoms with Crippen molar-refractivity contribution in [3.05, 3.63) is 74.8 Å². The third kappa shape index (κ3) is 6.65. The first-order valence-corrected chi connectivity index (χ1v) is 17.8. The number of hydrogen-bond acceptors (Lipinski definition) is 10. The number of aliphatic hydroxyl groups excluding tert-OH is 1. The van der Waals surface area contributed by atoms with Gasteiger partial charge in [-0.3, -0.25) is 4.79 Å². The zero-order chi connectivity index (χ0) is 35.8. The van der Waals surface area contributed by atoms with Crippen molar-refractivity contribution >= 4 is 28.7 Å². The van der Waals surface area contributed by atoms with Crippen LogP contribution < -0.4 is 21.4 Å². The zero-order valence-corrected chi connectivity index (χ0v) is 29.9. The van der Waals surface area contributed by atoms with E-state index in [1.54, 1.807) is 38.3 Å². The maximum Gasteiger partial charge on any atom is 0.340 e. The van der Waals surface area contributed by atoms with Gasteiger partial charge >= 0.3 is 11.6 Å². The number of benzene rings is 1. The molecule has 0 spiro atoms. The lowest BCUT2D eigenvalue weighted by molar-refractivity contribution is -0.174. The molecule has 50 heavy (non-hydrogen) atoms. The van der Waals surface area contributed by atoms with E-state index >= 15 is 0 Å². The van der Waals surface area contributed by atoms with Gasteiger partial charge in [-0.05, 0) is 88.9 Å². The quantitative estimate of drug-likeness (QED) is 0.142. The number of likely N-dealkylation sites (tertiary alicyclic amines) is 1. The number of aliphatic hydroxyl groups is 1. The minimum atomic E-state index is -1.17. The number of aromatic nitrogens is 1. The number of anilines is 1. The van der Waals surface area contributed by atoms with Gasteiger partial charge in [0.2, 0.25) is 5.91 Å². The van der Waals surface area contributed by atoms with Gasteiger partial charge in [0, 0.05) is 79.2 Å². The number of fused-ring (bicyclic) bond motifs is 2. The summed E-state index contributed by atoms with van der Waals surface area (Å²) in [6, 6.07) is 7.44. The third-order valence-electron chi connectivity index (χ3n) is 11.3. The monoisotopic (exact) mass is 686 g/mol. The summed E-state index contributed by atoms with van der Waals surface area (Å²) >= 11 is 0. The van der Waals surface area contributed by atoms with Crippen molar-refractivity contribution in [2.75, 3.05) is 39.0 Å². The molecule has 4 N–H and O–H groups in total. The van der Waals surface area contributed by atoms with Crippen molar-refractivity contribution in [2.45, 2.75) is 95.7 Å². The SMILES string of the molecule is C/C=C(\C)C(=O)OC(C)(C)[C@]1(Cc2cc(N)ncc2CC(=O)N2CC(CNC)C2)Cc2cc3cc(C4(CCO)CCCC4)c(=O)oc3cc2O1.